The molecule has 0 fully saturated rings. The van der Waals surface area contributed by atoms with Crippen LogP contribution in [-0.4, -0.2) is 34.0 Å². The molecule has 2 aromatic carbocycles. The Bertz CT molecular complexity index is 1400. The molecule has 158 valence electrons. The monoisotopic (exact) mass is 456 g/mol. The fraction of sp³-hybridized carbons (Fsp3) is 0.0952. The molecule has 31 heavy (non-hydrogen) atoms. The number of carboxylic acids is 1. The summed E-state index contributed by atoms with van der Waals surface area (Å²) >= 11 is 6.42. The van der Waals surface area contributed by atoms with Gasteiger partial charge in [0.1, 0.15) is 11.3 Å². The molecule has 0 aliphatic carbocycles. The molecule has 8 nitrogen and oxygen atoms in total. The van der Waals surface area contributed by atoms with Crippen LogP contribution in [0.5, 0.6) is 0 Å². The summed E-state index contributed by atoms with van der Waals surface area (Å²) in [6, 6.07) is 15.9. The van der Waals surface area contributed by atoms with Crippen molar-refractivity contribution in [2.24, 2.45) is 0 Å². The lowest BCUT2D eigenvalue weighted by molar-refractivity contribution is 0.0691. The van der Waals surface area contributed by atoms with Gasteiger partial charge in [-0.25, -0.2) is 23.2 Å². The van der Waals surface area contributed by atoms with E-state index in [1.54, 1.807) is 47.9 Å². The number of sulfonamides is 1. The van der Waals surface area contributed by atoms with Crippen LogP contribution in [0.15, 0.2) is 65.6 Å². The summed E-state index contributed by atoms with van der Waals surface area (Å²) in [7, 11) is -3.73. The van der Waals surface area contributed by atoms with Crippen molar-refractivity contribution >= 4 is 44.4 Å². The number of hydrogen-bond acceptors (Lipinski definition) is 5. The topological polar surface area (TPSA) is 114 Å². The zero-order valence-electron chi connectivity index (χ0n) is 16.3. The van der Waals surface area contributed by atoms with Gasteiger partial charge in [-0.05, 0) is 48.9 Å². The summed E-state index contributed by atoms with van der Waals surface area (Å²) < 4.78 is 29.3. The maximum absolute atomic E-state index is 12.5. The average molecular weight is 457 g/mol. The second-order valence-electron chi connectivity index (χ2n) is 6.81. The zero-order valence-corrected chi connectivity index (χ0v) is 17.9. The number of carbonyl (C=O) groups is 1. The summed E-state index contributed by atoms with van der Waals surface area (Å²) in [5.41, 5.74) is 1.96. The van der Waals surface area contributed by atoms with Gasteiger partial charge in [-0.1, -0.05) is 35.9 Å². The highest BCUT2D eigenvalue weighted by molar-refractivity contribution is 7.92. The van der Waals surface area contributed by atoms with Crippen LogP contribution in [0, 0.1) is 6.92 Å². The van der Waals surface area contributed by atoms with Crippen LogP contribution in [0.4, 0.5) is 5.69 Å². The molecule has 0 bridgehead atoms. The number of carboxylic acid groups (broad SMARTS) is 1. The number of aromatic carboxylic acids is 1. The summed E-state index contributed by atoms with van der Waals surface area (Å²) in [5, 5.41) is 9.56. The van der Waals surface area contributed by atoms with Crippen molar-refractivity contribution < 1.29 is 18.3 Å². The predicted octanol–water partition coefficient (Wildman–Crippen LogP) is 3.94. The first-order valence-electron chi connectivity index (χ1n) is 9.18. The van der Waals surface area contributed by atoms with Crippen LogP contribution in [0.3, 0.4) is 0 Å². The van der Waals surface area contributed by atoms with Crippen LogP contribution in [0.1, 0.15) is 21.9 Å². The number of pyridine rings is 1. The predicted molar refractivity (Wildman–Crippen MR) is 117 cm³/mol. The van der Waals surface area contributed by atoms with E-state index in [0.717, 1.165) is 0 Å². The first-order chi connectivity index (χ1) is 14.7. The lowest BCUT2D eigenvalue weighted by Crippen LogP contribution is -2.13. The van der Waals surface area contributed by atoms with Gasteiger partial charge in [0, 0.05) is 5.02 Å². The second kappa shape index (κ2) is 8.01. The van der Waals surface area contributed by atoms with E-state index in [-0.39, 0.29) is 10.6 Å². The number of nitrogens with one attached hydrogen (secondary N) is 1. The fourth-order valence-electron chi connectivity index (χ4n) is 3.15. The molecule has 2 heterocycles. The maximum atomic E-state index is 12.5. The Kier molecular flexibility index (Phi) is 5.38. The number of fused-ring (bicyclic) bond motifs is 1. The van der Waals surface area contributed by atoms with E-state index in [1.807, 2.05) is 0 Å². The van der Waals surface area contributed by atoms with Crippen molar-refractivity contribution in [2.45, 2.75) is 18.4 Å². The third-order valence-electron chi connectivity index (χ3n) is 4.69. The van der Waals surface area contributed by atoms with Crippen LogP contribution in [-0.2, 0) is 16.6 Å². The van der Waals surface area contributed by atoms with Gasteiger partial charge in [-0.2, -0.15) is 0 Å². The molecule has 0 radical (unpaired) electrons. The van der Waals surface area contributed by atoms with Crippen molar-refractivity contribution in [2.75, 3.05) is 4.72 Å². The number of hydrogen-bond donors (Lipinski definition) is 2. The van der Waals surface area contributed by atoms with Crippen molar-refractivity contribution in [1.82, 2.24) is 14.5 Å². The largest absolute Gasteiger partial charge is 0.477 e. The molecule has 0 saturated heterocycles. The molecule has 4 aromatic rings. The first-order valence-corrected chi connectivity index (χ1v) is 11.0. The number of imidazole rings is 1. The fourth-order valence-corrected chi connectivity index (χ4v) is 4.46. The minimum atomic E-state index is -3.73. The average Bonchev–Trinajstić information content (AvgIpc) is 3.04. The molecule has 2 aromatic heterocycles. The lowest BCUT2D eigenvalue weighted by Gasteiger charge is -2.12. The maximum Gasteiger partial charge on any atom is 0.354 e. The summed E-state index contributed by atoms with van der Waals surface area (Å²) in [6.45, 7) is 2.08. The quantitative estimate of drug-likeness (QED) is 0.454. The van der Waals surface area contributed by atoms with Gasteiger partial charge >= 0.3 is 5.97 Å². The standard InChI is InChI=1S/C21H17ClN4O4S/c1-13-23-18-9-10-19(21(27)28)24-20(18)26(13)12-14-7-8-15(11-17(14)22)25-31(29,30)16-5-3-2-4-6-16/h2-11,25H,12H2,1H3,(H,27,28). The number of aromatic nitrogens is 3. The molecule has 0 amide bonds. The van der Waals surface area contributed by atoms with E-state index < -0.39 is 16.0 Å². The van der Waals surface area contributed by atoms with E-state index >= 15 is 0 Å². The van der Waals surface area contributed by atoms with Crippen LogP contribution in [0.25, 0.3) is 11.2 Å². The van der Waals surface area contributed by atoms with Gasteiger partial charge in [-0.3, -0.25) is 4.72 Å². The lowest BCUT2D eigenvalue weighted by atomic mass is 10.2. The van der Waals surface area contributed by atoms with Crippen LogP contribution < -0.4 is 4.72 Å². The Morgan fingerprint density at radius 3 is 2.52 bits per heavy atom. The van der Waals surface area contributed by atoms with Crippen molar-refractivity contribution in [3.63, 3.8) is 0 Å². The highest BCUT2D eigenvalue weighted by atomic mass is 35.5. The highest BCUT2D eigenvalue weighted by Crippen LogP contribution is 2.26. The van der Waals surface area contributed by atoms with Gasteiger partial charge in [0.05, 0.1) is 17.1 Å². The Hall–Kier alpha value is -3.43. The molecular weight excluding hydrogens is 440 g/mol. The Labute approximate surface area is 183 Å². The Morgan fingerprint density at radius 1 is 1.10 bits per heavy atom. The molecule has 0 atom stereocenters. The van der Waals surface area contributed by atoms with Gasteiger partial charge in [0.25, 0.3) is 10.0 Å². The molecule has 10 heteroatoms. The zero-order chi connectivity index (χ0) is 22.2. The summed E-state index contributed by atoms with van der Waals surface area (Å²) in [6.07, 6.45) is 0. The minimum absolute atomic E-state index is 0.0783. The molecule has 0 aliphatic rings. The SMILES string of the molecule is Cc1nc2ccc(C(=O)O)nc2n1Cc1ccc(NS(=O)(=O)c2ccccc2)cc1Cl. The van der Waals surface area contributed by atoms with Gasteiger partial charge in [0.15, 0.2) is 11.3 Å². The van der Waals surface area contributed by atoms with Crippen molar-refractivity contribution in [1.29, 1.82) is 0 Å². The molecule has 0 aliphatic heterocycles. The summed E-state index contributed by atoms with van der Waals surface area (Å²) in [4.78, 5) is 20.0. The smallest absolute Gasteiger partial charge is 0.354 e. The summed E-state index contributed by atoms with van der Waals surface area (Å²) in [5.74, 6) is -0.477. The molecule has 0 saturated carbocycles. The Balaban J connectivity index is 1.63. The highest BCUT2D eigenvalue weighted by Gasteiger charge is 2.16. The number of nitrogens with zero attached hydrogens (tertiary/aromatic N) is 3. The van der Waals surface area contributed by atoms with E-state index in [1.165, 1.54) is 24.3 Å². The molecule has 0 unspecified atom stereocenters. The van der Waals surface area contributed by atoms with Gasteiger partial charge < -0.3 is 9.67 Å². The number of rotatable bonds is 6. The number of aryl methyl sites for hydroxylation is 1. The Morgan fingerprint density at radius 2 is 1.84 bits per heavy atom. The van der Waals surface area contributed by atoms with Gasteiger partial charge in [-0.15, -0.1) is 0 Å². The van der Waals surface area contributed by atoms with Crippen molar-refractivity contribution in [3.8, 4) is 0 Å². The van der Waals surface area contributed by atoms with Crippen molar-refractivity contribution in [3.05, 3.63) is 82.8 Å². The minimum Gasteiger partial charge on any atom is -0.477 e. The van der Waals surface area contributed by atoms with Crippen LogP contribution >= 0.6 is 11.6 Å². The number of benzene rings is 2. The van der Waals surface area contributed by atoms with E-state index in [0.29, 0.717) is 39.8 Å². The third kappa shape index (κ3) is 4.23. The normalized spacial score (nSPS) is 11.5. The third-order valence-corrected chi connectivity index (χ3v) is 6.44. The molecular formula is C21H17ClN4O4S. The molecule has 4 rings (SSSR count). The van der Waals surface area contributed by atoms with Gasteiger partial charge in [0.2, 0.25) is 0 Å². The van der Waals surface area contributed by atoms with E-state index in [9.17, 15) is 18.3 Å². The van der Waals surface area contributed by atoms with E-state index in [4.69, 9.17) is 11.6 Å². The molecule has 0 spiro atoms. The number of halogens is 1. The molecule has 2 N–H and O–H groups in total. The van der Waals surface area contributed by atoms with Crippen LogP contribution in [0.2, 0.25) is 5.02 Å². The number of anilines is 1. The van der Waals surface area contributed by atoms with E-state index in [2.05, 4.69) is 14.7 Å². The first kappa shape index (κ1) is 20.8. The second-order valence-corrected chi connectivity index (χ2v) is 8.90.